The first-order valence-electron chi connectivity index (χ1n) is 8.50. The van der Waals surface area contributed by atoms with Gasteiger partial charge in [-0.2, -0.15) is 0 Å². The summed E-state index contributed by atoms with van der Waals surface area (Å²) in [6.45, 7) is 4.77. The molecule has 0 amide bonds. The molecule has 0 aromatic carbocycles. The van der Waals surface area contributed by atoms with Crippen molar-refractivity contribution in [3.63, 3.8) is 0 Å². The highest BCUT2D eigenvalue weighted by molar-refractivity contribution is 5.01. The third-order valence-electron chi connectivity index (χ3n) is 5.93. The average Bonchev–Trinajstić information content (AvgIpc) is 2.32. The molecule has 0 unspecified atom stereocenters. The van der Waals surface area contributed by atoms with Gasteiger partial charge < -0.3 is 5.32 Å². The summed E-state index contributed by atoms with van der Waals surface area (Å²) < 4.78 is 0. The molecule has 1 nitrogen and oxygen atoms in total. The van der Waals surface area contributed by atoms with Gasteiger partial charge in [-0.15, -0.1) is 0 Å². The highest BCUT2D eigenvalue weighted by atomic mass is 14.8. The van der Waals surface area contributed by atoms with Crippen LogP contribution in [0.3, 0.4) is 0 Å². The zero-order chi connectivity index (χ0) is 12.4. The average molecular weight is 249 g/mol. The van der Waals surface area contributed by atoms with Gasteiger partial charge in [-0.3, -0.25) is 0 Å². The number of hydrogen-bond acceptors (Lipinski definition) is 1. The molecule has 0 aromatic heterocycles. The van der Waals surface area contributed by atoms with Crippen molar-refractivity contribution in [1.29, 1.82) is 0 Å². The molecule has 4 bridgehead atoms. The predicted octanol–water partition coefficient (Wildman–Crippen LogP) is 4.37. The lowest BCUT2D eigenvalue weighted by Crippen LogP contribution is -2.46. The maximum Gasteiger partial charge on any atom is -0.00487 e. The zero-order valence-electron chi connectivity index (χ0n) is 12.2. The second kappa shape index (κ2) is 5.53. The fourth-order valence-electron chi connectivity index (χ4n) is 5.61. The summed E-state index contributed by atoms with van der Waals surface area (Å²) in [5.74, 6) is 3.39. The summed E-state index contributed by atoms with van der Waals surface area (Å²) in [7, 11) is 0. The van der Waals surface area contributed by atoms with Crippen LogP contribution in [0, 0.1) is 23.2 Å². The van der Waals surface area contributed by atoms with Crippen LogP contribution in [0.1, 0.15) is 71.1 Å². The van der Waals surface area contributed by atoms with Gasteiger partial charge in [0.25, 0.3) is 0 Å². The number of rotatable bonds is 7. The topological polar surface area (TPSA) is 12.0 Å². The van der Waals surface area contributed by atoms with Crippen molar-refractivity contribution >= 4 is 0 Å². The molecule has 4 aliphatic rings. The first-order valence-corrected chi connectivity index (χ1v) is 8.50. The Kier molecular flexibility index (Phi) is 3.98. The lowest BCUT2D eigenvalue weighted by molar-refractivity contribution is -0.0579. The Balaban J connectivity index is 1.42. The molecule has 18 heavy (non-hydrogen) atoms. The Morgan fingerprint density at radius 1 is 0.889 bits per heavy atom. The van der Waals surface area contributed by atoms with E-state index in [0.29, 0.717) is 0 Å². The summed E-state index contributed by atoms with van der Waals surface area (Å²) in [6.07, 6.45) is 15.2. The van der Waals surface area contributed by atoms with E-state index in [2.05, 4.69) is 12.2 Å². The van der Waals surface area contributed by atoms with Gasteiger partial charge in [0.15, 0.2) is 0 Å². The Bertz CT molecular complexity index is 235. The molecule has 4 aliphatic carbocycles. The first-order chi connectivity index (χ1) is 8.80. The highest BCUT2D eigenvalue weighted by Gasteiger charge is 2.50. The standard InChI is InChI=1S/C17H31N/c1-2-3-6-18-7-4-5-17-11-14-8-15(12-17)10-16(9-14)13-17/h14-16,18H,2-13H2,1H3. The van der Waals surface area contributed by atoms with E-state index in [1.54, 1.807) is 38.5 Å². The van der Waals surface area contributed by atoms with Crippen molar-refractivity contribution in [3.05, 3.63) is 0 Å². The molecule has 0 aromatic rings. The van der Waals surface area contributed by atoms with Gasteiger partial charge in [0, 0.05) is 0 Å². The Morgan fingerprint density at radius 3 is 2.00 bits per heavy atom. The quantitative estimate of drug-likeness (QED) is 0.661. The third-order valence-corrected chi connectivity index (χ3v) is 5.93. The minimum absolute atomic E-state index is 0.807. The SMILES string of the molecule is CCCCNCCCC12CC3CC(CC(C3)C1)C2. The van der Waals surface area contributed by atoms with Gasteiger partial charge in [0.1, 0.15) is 0 Å². The van der Waals surface area contributed by atoms with Crippen LogP contribution in [-0.4, -0.2) is 13.1 Å². The first kappa shape index (κ1) is 13.0. The van der Waals surface area contributed by atoms with Gasteiger partial charge in [-0.05, 0) is 94.0 Å². The van der Waals surface area contributed by atoms with Crippen LogP contribution in [0.15, 0.2) is 0 Å². The van der Waals surface area contributed by atoms with Crippen LogP contribution in [0.5, 0.6) is 0 Å². The molecule has 0 radical (unpaired) electrons. The maximum absolute atomic E-state index is 3.62. The minimum atomic E-state index is 0.807. The molecule has 0 saturated heterocycles. The van der Waals surface area contributed by atoms with Crippen LogP contribution in [0.2, 0.25) is 0 Å². The predicted molar refractivity (Wildman–Crippen MR) is 77.6 cm³/mol. The van der Waals surface area contributed by atoms with Crippen LogP contribution in [0.25, 0.3) is 0 Å². The Morgan fingerprint density at radius 2 is 1.44 bits per heavy atom. The van der Waals surface area contributed by atoms with E-state index in [1.807, 2.05) is 0 Å². The van der Waals surface area contributed by atoms with Crippen molar-refractivity contribution in [1.82, 2.24) is 5.32 Å². The smallest absolute Gasteiger partial charge is 0.00487 e. The number of nitrogens with one attached hydrogen (secondary N) is 1. The Hall–Kier alpha value is -0.0400. The monoisotopic (exact) mass is 249 g/mol. The largest absolute Gasteiger partial charge is 0.317 e. The molecule has 104 valence electrons. The third kappa shape index (κ3) is 2.76. The second-order valence-corrected chi connectivity index (χ2v) is 7.62. The fourth-order valence-corrected chi connectivity index (χ4v) is 5.61. The molecule has 0 atom stereocenters. The van der Waals surface area contributed by atoms with Crippen LogP contribution in [-0.2, 0) is 0 Å². The lowest BCUT2D eigenvalue weighted by atomic mass is 9.48. The van der Waals surface area contributed by atoms with Gasteiger partial charge >= 0.3 is 0 Å². The number of hydrogen-bond donors (Lipinski definition) is 1. The van der Waals surface area contributed by atoms with E-state index in [0.717, 1.165) is 23.2 Å². The second-order valence-electron chi connectivity index (χ2n) is 7.62. The van der Waals surface area contributed by atoms with Crippen molar-refractivity contribution in [2.24, 2.45) is 23.2 Å². The fraction of sp³-hybridized carbons (Fsp3) is 1.00. The maximum atomic E-state index is 3.62. The molecule has 4 saturated carbocycles. The van der Waals surface area contributed by atoms with Crippen LogP contribution >= 0.6 is 0 Å². The normalized spacial score (nSPS) is 41.5. The summed E-state index contributed by atoms with van der Waals surface area (Å²) >= 11 is 0. The van der Waals surface area contributed by atoms with E-state index in [9.17, 15) is 0 Å². The molecule has 0 spiro atoms. The van der Waals surface area contributed by atoms with Crippen molar-refractivity contribution in [3.8, 4) is 0 Å². The molecular weight excluding hydrogens is 218 g/mol. The van der Waals surface area contributed by atoms with E-state index >= 15 is 0 Å². The molecule has 1 heteroatoms. The van der Waals surface area contributed by atoms with E-state index in [-0.39, 0.29) is 0 Å². The summed E-state index contributed by atoms with van der Waals surface area (Å²) in [6, 6.07) is 0. The van der Waals surface area contributed by atoms with E-state index in [1.165, 1.54) is 38.8 Å². The molecule has 0 heterocycles. The van der Waals surface area contributed by atoms with E-state index < -0.39 is 0 Å². The van der Waals surface area contributed by atoms with Gasteiger partial charge in [-0.25, -0.2) is 0 Å². The van der Waals surface area contributed by atoms with Crippen LogP contribution < -0.4 is 5.32 Å². The van der Waals surface area contributed by atoms with Gasteiger partial charge in [0.05, 0.1) is 0 Å². The van der Waals surface area contributed by atoms with E-state index in [4.69, 9.17) is 0 Å². The summed E-state index contributed by atoms with van der Waals surface area (Å²) in [4.78, 5) is 0. The number of unbranched alkanes of at least 4 members (excludes halogenated alkanes) is 1. The van der Waals surface area contributed by atoms with Crippen LogP contribution in [0.4, 0.5) is 0 Å². The molecule has 0 aliphatic heterocycles. The molecule has 4 rings (SSSR count). The molecular formula is C17H31N. The highest BCUT2D eigenvalue weighted by Crippen LogP contribution is 2.61. The van der Waals surface area contributed by atoms with Gasteiger partial charge in [-0.1, -0.05) is 13.3 Å². The Labute approximate surface area is 113 Å². The zero-order valence-corrected chi connectivity index (χ0v) is 12.2. The lowest BCUT2D eigenvalue weighted by Gasteiger charge is -2.57. The molecule has 4 fully saturated rings. The van der Waals surface area contributed by atoms with Crippen molar-refractivity contribution in [2.45, 2.75) is 71.1 Å². The summed E-state index contributed by atoms with van der Waals surface area (Å²) in [5, 5.41) is 3.62. The van der Waals surface area contributed by atoms with Crippen molar-refractivity contribution < 1.29 is 0 Å². The summed E-state index contributed by atoms with van der Waals surface area (Å²) in [5.41, 5.74) is 0.807. The minimum Gasteiger partial charge on any atom is -0.317 e. The molecule has 1 N–H and O–H groups in total. The van der Waals surface area contributed by atoms with Gasteiger partial charge in [0.2, 0.25) is 0 Å². The van der Waals surface area contributed by atoms with Crippen molar-refractivity contribution in [2.75, 3.05) is 13.1 Å².